The van der Waals surface area contributed by atoms with Gasteiger partial charge >= 0.3 is 0 Å². The summed E-state index contributed by atoms with van der Waals surface area (Å²) in [6, 6.07) is 11.4. The Bertz CT molecular complexity index is 1700. The van der Waals surface area contributed by atoms with Gasteiger partial charge in [-0.15, -0.1) is 0 Å². The Morgan fingerprint density at radius 3 is 1.84 bits per heavy atom. The second-order valence-corrected chi connectivity index (χ2v) is 14.8. The normalized spacial score (nSPS) is 12.6. The summed E-state index contributed by atoms with van der Waals surface area (Å²) >= 11 is 0. The first kappa shape index (κ1) is 36.2. The van der Waals surface area contributed by atoms with Crippen molar-refractivity contribution in [1.82, 2.24) is 9.40 Å². The number of nitro benzene ring substituents is 1. The van der Waals surface area contributed by atoms with Gasteiger partial charge in [0.1, 0.15) is 0 Å². The van der Waals surface area contributed by atoms with Gasteiger partial charge < -0.3 is 4.57 Å². The van der Waals surface area contributed by atoms with E-state index in [1.807, 2.05) is 0 Å². The predicted molar refractivity (Wildman–Crippen MR) is 178 cm³/mol. The van der Waals surface area contributed by atoms with E-state index in [1.165, 1.54) is 88.1 Å². The summed E-state index contributed by atoms with van der Waals surface area (Å²) in [5.41, 5.74) is 1.58. The van der Waals surface area contributed by atoms with Crippen LogP contribution in [0, 0.1) is 10.1 Å². The number of sulfonamides is 1. The van der Waals surface area contributed by atoms with Crippen molar-refractivity contribution in [3.63, 3.8) is 0 Å². The van der Waals surface area contributed by atoms with E-state index >= 15 is 0 Å². The summed E-state index contributed by atoms with van der Waals surface area (Å²) in [4.78, 5) is 12.5. The molecule has 0 spiro atoms. The van der Waals surface area contributed by atoms with Crippen LogP contribution in [0.15, 0.2) is 58.5 Å². The Balaban J connectivity index is 1.64. The fourth-order valence-corrected chi connectivity index (χ4v) is 6.80. The lowest BCUT2D eigenvalue weighted by Gasteiger charge is -2.14. The number of nitro groups is 1. The van der Waals surface area contributed by atoms with E-state index in [2.05, 4.69) is 16.9 Å². The quantitative estimate of drug-likeness (QED) is 0.0559. The smallest absolute Gasteiger partial charge is 0.294 e. The number of aromatic nitrogens is 1. The zero-order valence-electron chi connectivity index (χ0n) is 26.3. The van der Waals surface area contributed by atoms with Crippen LogP contribution in [0.1, 0.15) is 96.8 Å². The Morgan fingerprint density at radius 2 is 1.33 bits per heavy atom. The molecule has 0 radical (unpaired) electrons. The van der Waals surface area contributed by atoms with Crippen LogP contribution in [0.2, 0.25) is 0 Å². The number of benzene rings is 2. The molecule has 248 valence electrons. The molecule has 0 saturated carbocycles. The topological polar surface area (TPSA) is 161 Å². The highest BCUT2D eigenvalue weighted by atomic mass is 32.2. The summed E-state index contributed by atoms with van der Waals surface area (Å²) in [5.74, 6) is -0.0987. The predicted octanol–water partition coefficient (Wildman–Crippen LogP) is 7.22. The van der Waals surface area contributed by atoms with E-state index in [0.717, 1.165) is 25.7 Å². The molecular formula is C32H46N4O7S2. The lowest BCUT2D eigenvalue weighted by molar-refractivity contribution is -0.384. The van der Waals surface area contributed by atoms with Gasteiger partial charge in [-0.05, 0) is 48.4 Å². The number of aryl methyl sites for hydroxylation is 1. The Kier molecular flexibility index (Phi) is 14.0. The lowest BCUT2D eigenvalue weighted by Crippen LogP contribution is -2.25. The van der Waals surface area contributed by atoms with Crippen molar-refractivity contribution in [3.05, 3.63) is 64.0 Å². The van der Waals surface area contributed by atoms with E-state index in [0.29, 0.717) is 23.2 Å². The number of pyridine rings is 1. The van der Waals surface area contributed by atoms with Gasteiger partial charge in [0.25, 0.3) is 15.8 Å². The first-order valence-corrected chi connectivity index (χ1v) is 18.9. The second kappa shape index (κ2) is 17.4. The van der Waals surface area contributed by atoms with Crippen LogP contribution >= 0.6 is 0 Å². The maximum absolute atomic E-state index is 12.8. The second-order valence-electron chi connectivity index (χ2n) is 11.5. The van der Waals surface area contributed by atoms with Gasteiger partial charge in [0, 0.05) is 24.6 Å². The van der Waals surface area contributed by atoms with Crippen molar-refractivity contribution < 1.29 is 26.3 Å². The first-order chi connectivity index (χ1) is 21.4. The van der Waals surface area contributed by atoms with Gasteiger partial charge in [-0.3, -0.25) is 14.7 Å². The van der Waals surface area contributed by atoms with Crippen LogP contribution in [-0.2, 0) is 27.2 Å². The molecule has 3 aromatic rings. The van der Waals surface area contributed by atoms with Crippen LogP contribution in [0.25, 0.3) is 22.2 Å². The van der Waals surface area contributed by atoms with Crippen LogP contribution in [0.3, 0.4) is 0 Å². The van der Waals surface area contributed by atoms with Gasteiger partial charge in [-0.1, -0.05) is 90.4 Å². The minimum atomic E-state index is -4.53. The van der Waals surface area contributed by atoms with Gasteiger partial charge in [0.2, 0.25) is 10.0 Å². The number of unbranched alkanes of at least 4 members (excludes halogenated alkanes) is 13. The minimum absolute atomic E-state index is 0.0823. The first-order valence-electron chi connectivity index (χ1n) is 15.8. The zero-order valence-corrected chi connectivity index (χ0v) is 27.9. The molecule has 0 atom stereocenters. The van der Waals surface area contributed by atoms with Gasteiger partial charge in [-0.2, -0.15) is 13.5 Å². The third-order valence-electron chi connectivity index (χ3n) is 7.98. The average molecular weight is 663 g/mol. The molecule has 0 amide bonds. The zero-order chi connectivity index (χ0) is 32.9. The van der Waals surface area contributed by atoms with Crippen LogP contribution in [0.5, 0.6) is 0 Å². The third-order valence-corrected chi connectivity index (χ3v) is 10.0. The van der Waals surface area contributed by atoms with E-state index in [4.69, 9.17) is 0 Å². The third kappa shape index (κ3) is 11.5. The number of non-ortho nitro benzene ring substituents is 1. The molecular weight excluding hydrogens is 617 g/mol. The molecule has 13 heteroatoms. The minimum Gasteiger partial charge on any atom is -0.344 e. The van der Waals surface area contributed by atoms with Gasteiger partial charge in [0.05, 0.1) is 32.1 Å². The van der Waals surface area contributed by atoms with Crippen molar-refractivity contribution in [2.24, 2.45) is 12.1 Å². The highest BCUT2D eigenvalue weighted by Gasteiger charge is 2.15. The van der Waals surface area contributed by atoms with Crippen LogP contribution in [-0.4, -0.2) is 36.6 Å². The molecule has 0 fully saturated rings. The van der Waals surface area contributed by atoms with Crippen molar-refractivity contribution in [3.8, 4) is 11.3 Å². The molecule has 0 saturated heterocycles. The molecule has 11 nitrogen and oxygen atoms in total. The summed E-state index contributed by atoms with van der Waals surface area (Å²) in [7, 11) is -6.58. The molecule has 0 bridgehead atoms. The summed E-state index contributed by atoms with van der Waals surface area (Å²) < 4.78 is 60.6. The van der Waals surface area contributed by atoms with Crippen molar-refractivity contribution in [1.29, 1.82) is 0 Å². The maximum atomic E-state index is 12.8. The lowest BCUT2D eigenvalue weighted by atomic mass is 10.0. The fourth-order valence-electron chi connectivity index (χ4n) is 5.38. The van der Waals surface area contributed by atoms with Gasteiger partial charge in [0.15, 0.2) is 0 Å². The molecule has 0 aliphatic rings. The van der Waals surface area contributed by atoms with Crippen molar-refractivity contribution >= 4 is 36.7 Å². The van der Waals surface area contributed by atoms with Crippen molar-refractivity contribution in [2.75, 3.05) is 5.75 Å². The van der Waals surface area contributed by atoms with E-state index in [9.17, 15) is 31.5 Å². The summed E-state index contributed by atoms with van der Waals surface area (Å²) in [6.07, 6.45) is 16.2. The largest absolute Gasteiger partial charge is 0.344 e. The number of nitrogens with one attached hydrogen (secondary N) is 1. The molecule has 45 heavy (non-hydrogen) atoms. The SMILES string of the molecule is CCCCCCCCCCCCCCCCS(=O)(=O)N/N=c1\cc(-c2ccc([N+](=O)[O-])cc2)n(C)c2ccc(S(=O)(=O)O)cc12. The highest BCUT2D eigenvalue weighted by Crippen LogP contribution is 2.25. The Labute approximate surface area is 266 Å². The summed E-state index contributed by atoms with van der Waals surface area (Å²) in [5, 5.41) is 15.7. The van der Waals surface area contributed by atoms with E-state index < -0.39 is 25.1 Å². The number of nitrogens with zero attached hydrogens (tertiary/aromatic N) is 3. The monoisotopic (exact) mass is 662 g/mol. The molecule has 0 unspecified atom stereocenters. The number of rotatable bonds is 20. The number of fused-ring (bicyclic) bond motifs is 1. The maximum Gasteiger partial charge on any atom is 0.294 e. The fraction of sp³-hybridized carbons (Fsp3) is 0.531. The molecule has 1 aromatic heterocycles. The molecule has 2 aromatic carbocycles. The Hall–Kier alpha value is -3.29. The van der Waals surface area contributed by atoms with Crippen LogP contribution in [0.4, 0.5) is 5.69 Å². The standard InChI is InChI=1S/C32H46N4O7S2/c1-3-4-5-6-7-8-9-10-11-12-13-14-15-16-23-44(39,40)34-33-30-25-32(26-17-19-27(20-18-26)36(37)38)35(2)31-22-21-28(24-29(30)31)45(41,42)43/h17-22,24-25,34H,3-16,23H2,1-2H3,(H,41,42,43)/b33-30+. The van der Waals surface area contributed by atoms with Gasteiger partial charge in [-0.25, -0.2) is 13.2 Å². The Morgan fingerprint density at radius 1 is 0.800 bits per heavy atom. The number of hydrogen-bond donors (Lipinski definition) is 2. The number of hydrogen-bond acceptors (Lipinski definition) is 7. The molecule has 0 aliphatic heterocycles. The molecule has 3 rings (SSSR count). The van der Waals surface area contributed by atoms with E-state index in [-0.39, 0.29) is 27.1 Å². The molecule has 2 N–H and O–H groups in total. The van der Waals surface area contributed by atoms with Crippen LogP contribution < -0.4 is 10.2 Å². The molecule has 0 aliphatic carbocycles. The highest BCUT2D eigenvalue weighted by molar-refractivity contribution is 7.89. The summed E-state index contributed by atoms with van der Waals surface area (Å²) in [6.45, 7) is 2.23. The van der Waals surface area contributed by atoms with Crippen molar-refractivity contribution in [2.45, 2.75) is 102 Å². The molecule has 1 heterocycles. The van der Waals surface area contributed by atoms with E-state index in [1.54, 1.807) is 29.8 Å². The average Bonchev–Trinajstić information content (AvgIpc) is 3.00.